The summed E-state index contributed by atoms with van der Waals surface area (Å²) in [6.07, 6.45) is 3.89. The lowest BCUT2D eigenvalue weighted by Crippen LogP contribution is -2.24. The Hall–Kier alpha value is -0.940. The Morgan fingerprint density at radius 3 is 2.88 bits per heavy atom. The van der Waals surface area contributed by atoms with Crippen LogP contribution in [0, 0.1) is 6.92 Å². The minimum Gasteiger partial charge on any atom is -0.351 e. The van der Waals surface area contributed by atoms with Crippen LogP contribution in [0.15, 0.2) is 0 Å². The van der Waals surface area contributed by atoms with E-state index in [1.165, 1.54) is 11.3 Å². The Balaban J connectivity index is 2.50. The number of amides is 1. The fourth-order valence-corrected chi connectivity index (χ4v) is 2.62. The molecule has 1 aromatic rings. The molecule has 1 heterocycles. The molecule has 1 rings (SSSR count). The third-order valence-electron chi connectivity index (χ3n) is 2.43. The molecule has 0 aliphatic rings. The SMILES string of the molecule is CCCc1nc(C)c(C(=O)NCCCCN)s1. The lowest BCUT2D eigenvalue weighted by atomic mass is 10.3. The summed E-state index contributed by atoms with van der Waals surface area (Å²) in [7, 11) is 0. The monoisotopic (exact) mass is 255 g/mol. The molecule has 4 nitrogen and oxygen atoms in total. The lowest BCUT2D eigenvalue weighted by Gasteiger charge is -2.02. The van der Waals surface area contributed by atoms with Gasteiger partial charge in [0, 0.05) is 6.54 Å². The van der Waals surface area contributed by atoms with Crippen LogP contribution in [0.4, 0.5) is 0 Å². The van der Waals surface area contributed by atoms with Gasteiger partial charge in [0.1, 0.15) is 4.88 Å². The third kappa shape index (κ3) is 4.44. The van der Waals surface area contributed by atoms with E-state index < -0.39 is 0 Å². The molecule has 0 fully saturated rings. The maximum atomic E-state index is 11.9. The first-order valence-corrected chi connectivity index (χ1v) is 6.95. The largest absolute Gasteiger partial charge is 0.351 e. The summed E-state index contributed by atoms with van der Waals surface area (Å²) >= 11 is 1.51. The highest BCUT2D eigenvalue weighted by Gasteiger charge is 2.14. The summed E-state index contributed by atoms with van der Waals surface area (Å²) in [6.45, 7) is 5.38. The second-order valence-electron chi connectivity index (χ2n) is 4.02. The van der Waals surface area contributed by atoms with Gasteiger partial charge in [0.2, 0.25) is 0 Å². The average molecular weight is 255 g/mol. The predicted octanol–water partition coefficient (Wildman–Crippen LogP) is 1.87. The highest BCUT2D eigenvalue weighted by atomic mass is 32.1. The first-order valence-electron chi connectivity index (χ1n) is 6.13. The summed E-state index contributed by atoms with van der Waals surface area (Å²) < 4.78 is 0. The van der Waals surface area contributed by atoms with Crippen molar-refractivity contribution >= 4 is 17.2 Å². The normalized spacial score (nSPS) is 10.5. The van der Waals surface area contributed by atoms with Gasteiger partial charge >= 0.3 is 0 Å². The molecule has 0 saturated carbocycles. The van der Waals surface area contributed by atoms with Crippen LogP contribution >= 0.6 is 11.3 Å². The zero-order chi connectivity index (χ0) is 12.7. The summed E-state index contributed by atoms with van der Waals surface area (Å²) in [5.74, 6) is -0.000579. The minimum atomic E-state index is -0.000579. The molecule has 1 aromatic heterocycles. The zero-order valence-electron chi connectivity index (χ0n) is 10.6. The van der Waals surface area contributed by atoms with E-state index in [-0.39, 0.29) is 5.91 Å². The molecule has 0 aliphatic carbocycles. The summed E-state index contributed by atoms with van der Waals surface area (Å²) in [6, 6.07) is 0. The Bertz CT molecular complexity index is 363. The van der Waals surface area contributed by atoms with E-state index in [0.717, 1.165) is 41.3 Å². The minimum absolute atomic E-state index is 0.000579. The van der Waals surface area contributed by atoms with E-state index in [0.29, 0.717) is 13.1 Å². The van der Waals surface area contributed by atoms with Crippen LogP contribution in [0.3, 0.4) is 0 Å². The number of nitrogens with two attached hydrogens (primary N) is 1. The molecule has 3 N–H and O–H groups in total. The van der Waals surface area contributed by atoms with E-state index in [1.54, 1.807) is 0 Å². The van der Waals surface area contributed by atoms with Gasteiger partial charge in [-0.15, -0.1) is 11.3 Å². The van der Waals surface area contributed by atoms with Crippen molar-refractivity contribution in [2.24, 2.45) is 5.73 Å². The smallest absolute Gasteiger partial charge is 0.263 e. The quantitative estimate of drug-likeness (QED) is 0.731. The molecule has 0 bridgehead atoms. The number of aryl methyl sites for hydroxylation is 2. The van der Waals surface area contributed by atoms with Gasteiger partial charge in [-0.25, -0.2) is 4.98 Å². The Kier molecular flexibility index (Phi) is 6.15. The highest BCUT2D eigenvalue weighted by molar-refractivity contribution is 7.13. The van der Waals surface area contributed by atoms with Gasteiger partial charge < -0.3 is 11.1 Å². The Labute approximate surface area is 107 Å². The van der Waals surface area contributed by atoms with E-state index in [2.05, 4.69) is 17.2 Å². The van der Waals surface area contributed by atoms with Crippen LogP contribution in [-0.4, -0.2) is 24.0 Å². The number of aromatic nitrogens is 1. The van der Waals surface area contributed by atoms with Gasteiger partial charge in [0.05, 0.1) is 10.7 Å². The van der Waals surface area contributed by atoms with Gasteiger partial charge in [-0.2, -0.15) is 0 Å². The molecule has 96 valence electrons. The van der Waals surface area contributed by atoms with Crippen molar-refractivity contribution in [3.8, 4) is 0 Å². The number of unbranched alkanes of at least 4 members (excludes halogenated alkanes) is 1. The molecule has 0 radical (unpaired) electrons. The summed E-state index contributed by atoms with van der Waals surface area (Å²) in [4.78, 5) is 17.0. The maximum absolute atomic E-state index is 11.9. The number of nitrogens with zero attached hydrogens (tertiary/aromatic N) is 1. The third-order valence-corrected chi connectivity index (χ3v) is 3.64. The van der Waals surface area contributed by atoms with Crippen molar-refractivity contribution in [1.29, 1.82) is 0 Å². The summed E-state index contributed by atoms with van der Waals surface area (Å²) in [5, 5.41) is 3.96. The zero-order valence-corrected chi connectivity index (χ0v) is 11.4. The number of carbonyl (C=O) groups is 1. The number of hydrogen-bond donors (Lipinski definition) is 2. The van der Waals surface area contributed by atoms with Crippen molar-refractivity contribution in [2.45, 2.75) is 39.5 Å². The number of thiazole rings is 1. The van der Waals surface area contributed by atoms with E-state index in [1.807, 2.05) is 6.92 Å². The fourth-order valence-electron chi connectivity index (χ4n) is 1.54. The van der Waals surface area contributed by atoms with Crippen LogP contribution < -0.4 is 11.1 Å². The fraction of sp³-hybridized carbons (Fsp3) is 0.667. The molecular weight excluding hydrogens is 234 g/mol. The lowest BCUT2D eigenvalue weighted by molar-refractivity contribution is 0.0956. The average Bonchev–Trinajstić information content (AvgIpc) is 2.66. The molecule has 0 spiro atoms. The van der Waals surface area contributed by atoms with E-state index in [4.69, 9.17) is 5.73 Å². The van der Waals surface area contributed by atoms with Crippen molar-refractivity contribution in [1.82, 2.24) is 10.3 Å². The molecule has 5 heteroatoms. The van der Waals surface area contributed by atoms with Crippen molar-refractivity contribution in [3.63, 3.8) is 0 Å². The molecule has 0 aliphatic heterocycles. The van der Waals surface area contributed by atoms with E-state index >= 15 is 0 Å². The number of rotatable bonds is 7. The topological polar surface area (TPSA) is 68.0 Å². The highest BCUT2D eigenvalue weighted by Crippen LogP contribution is 2.19. The van der Waals surface area contributed by atoms with Crippen LogP contribution in [0.25, 0.3) is 0 Å². The molecular formula is C12H21N3OS. The Morgan fingerprint density at radius 2 is 2.24 bits per heavy atom. The number of carbonyl (C=O) groups excluding carboxylic acids is 1. The van der Waals surface area contributed by atoms with Crippen LogP contribution in [0.1, 0.15) is 46.6 Å². The van der Waals surface area contributed by atoms with Crippen LogP contribution in [0.5, 0.6) is 0 Å². The van der Waals surface area contributed by atoms with Crippen molar-refractivity contribution < 1.29 is 4.79 Å². The Morgan fingerprint density at radius 1 is 1.47 bits per heavy atom. The van der Waals surface area contributed by atoms with Gasteiger partial charge in [-0.3, -0.25) is 4.79 Å². The van der Waals surface area contributed by atoms with Gasteiger partial charge in [0.15, 0.2) is 0 Å². The molecule has 17 heavy (non-hydrogen) atoms. The van der Waals surface area contributed by atoms with Crippen LogP contribution in [-0.2, 0) is 6.42 Å². The molecule has 0 unspecified atom stereocenters. The van der Waals surface area contributed by atoms with Crippen molar-refractivity contribution in [2.75, 3.05) is 13.1 Å². The van der Waals surface area contributed by atoms with Gasteiger partial charge in [-0.1, -0.05) is 6.92 Å². The molecule has 1 amide bonds. The predicted molar refractivity (Wildman–Crippen MR) is 71.5 cm³/mol. The van der Waals surface area contributed by atoms with Gasteiger partial charge in [0.25, 0.3) is 5.91 Å². The summed E-state index contributed by atoms with van der Waals surface area (Å²) in [5.41, 5.74) is 6.24. The first kappa shape index (κ1) is 14.1. The van der Waals surface area contributed by atoms with Crippen molar-refractivity contribution in [3.05, 3.63) is 15.6 Å². The number of nitrogens with one attached hydrogen (secondary N) is 1. The second kappa shape index (κ2) is 7.40. The van der Waals surface area contributed by atoms with E-state index in [9.17, 15) is 4.79 Å². The first-order chi connectivity index (χ1) is 8.19. The second-order valence-corrected chi connectivity index (χ2v) is 5.11. The van der Waals surface area contributed by atoms with Crippen LogP contribution in [0.2, 0.25) is 0 Å². The molecule has 0 aromatic carbocycles. The number of hydrogen-bond acceptors (Lipinski definition) is 4. The maximum Gasteiger partial charge on any atom is 0.263 e. The standard InChI is InChI=1S/C12H21N3OS/c1-3-6-10-15-9(2)11(17-10)12(16)14-8-5-4-7-13/h3-8,13H2,1-2H3,(H,14,16). The molecule has 0 saturated heterocycles. The van der Waals surface area contributed by atoms with Gasteiger partial charge in [-0.05, 0) is 39.2 Å². The molecule has 0 atom stereocenters.